The van der Waals surface area contributed by atoms with Gasteiger partial charge in [0, 0.05) is 30.2 Å². The lowest BCUT2D eigenvalue weighted by Crippen LogP contribution is -2.17. The SMILES string of the molecule is O=[N+]([O-])c1cccc(-c2cnc(CCCNC3CC3)o2)c1. The van der Waals surface area contributed by atoms with Crippen molar-refractivity contribution in [3.05, 3.63) is 46.5 Å². The summed E-state index contributed by atoms with van der Waals surface area (Å²) in [4.78, 5) is 14.6. The molecule has 0 aliphatic heterocycles. The number of oxazole rings is 1. The maximum absolute atomic E-state index is 10.8. The number of aromatic nitrogens is 1. The van der Waals surface area contributed by atoms with E-state index in [9.17, 15) is 10.1 Å². The number of nitro benzene ring substituents is 1. The highest BCUT2D eigenvalue weighted by Gasteiger charge is 2.19. The minimum Gasteiger partial charge on any atom is -0.441 e. The first-order valence-corrected chi connectivity index (χ1v) is 7.15. The van der Waals surface area contributed by atoms with E-state index in [0.29, 0.717) is 17.2 Å². The van der Waals surface area contributed by atoms with E-state index in [4.69, 9.17) is 4.42 Å². The Morgan fingerprint density at radius 3 is 3.05 bits per heavy atom. The van der Waals surface area contributed by atoms with Gasteiger partial charge < -0.3 is 9.73 Å². The van der Waals surface area contributed by atoms with Crippen molar-refractivity contribution < 1.29 is 9.34 Å². The summed E-state index contributed by atoms with van der Waals surface area (Å²) in [7, 11) is 0. The van der Waals surface area contributed by atoms with Gasteiger partial charge in [-0.3, -0.25) is 10.1 Å². The van der Waals surface area contributed by atoms with Gasteiger partial charge in [-0.15, -0.1) is 0 Å². The van der Waals surface area contributed by atoms with E-state index < -0.39 is 4.92 Å². The van der Waals surface area contributed by atoms with Gasteiger partial charge in [0.1, 0.15) is 0 Å². The first-order chi connectivity index (χ1) is 10.2. The van der Waals surface area contributed by atoms with Crippen molar-refractivity contribution in [2.75, 3.05) is 6.54 Å². The Kier molecular flexibility index (Phi) is 3.96. The second-order valence-corrected chi connectivity index (χ2v) is 5.26. The van der Waals surface area contributed by atoms with Crippen LogP contribution in [0.3, 0.4) is 0 Å². The molecule has 0 spiro atoms. The van der Waals surface area contributed by atoms with E-state index in [1.54, 1.807) is 18.3 Å². The first-order valence-electron chi connectivity index (χ1n) is 7.15. The van der Waals surface area contributed by atoms with Crippen molar-refractivity contribution in [3.8, 4) is 11.3 Å². The Balaban J connectivity index is 1.60. The second kappa shape index (κ2) is 6.05. The summed E-state index contributed by atoms with van der Waals surface area (Å²) >= 11 is 0. The van der Waals surface area contributed by atoms with Gasteiger partial charge in [0.05, 0.1) is 11.1 Å². The summed E-state index contributed by atoms with van der Waals surface area (Å²) in [5, 5.41) is 14.2. The average Bonchev–Trinajstić information content (AvgIpc) is 3.20. The molecule has 3 rings (SSSR count). The van der Waals surface area contributed by atoms with Gasteiger partial charge in [0.15, 0.2) is 11.7 Å². The fourth-order valence-electron chi connectivity index (χ4n) is 2.17. The minimum atomic E-state index is -0.412. The van der Waals surface area contributed by atoms with E-state index in [2.05, 4.69) is 10.3 Å². The van der Waals surface area contributed by atoms with Crippen LogP contribution < -0.4 is 5.32 Å². The molecule has 2 aromatic rings. The summed E-state index contributed by atoms with van der Waals surface area (Å²) < 4.78 is 5.67. The largest absolute Gasteiger partial charge is 0.441 e. The standard InChI is InChI=1S/C15H17N3O3/c19-18(20)13-4-1-3-11(9-13)14-10-17-15(21-14)5-2-8-16-12-6-7-12/h1,3-4,9-10,12,16H,2,5-8H2. The Hall–Kier alpha value is -2.21. The van der Waals surface area contributed by atoms with Gasteiger partial charge in [0.25, 0.3) is 5.69 Å². The van der Waals surface area contributed by atoms with Gasteiger partial charge >= 0.3 is 0 Å². The smallest absolute Gasteiger partial charge is 0.270 e. The number of nitrogens with zero attached hydrogens (tertiary/aromatic N) is 2. The maximum atomic E-state index is 10.8. The number of benzene rings is 1. The molecule has 1 N–H and O–H groups in total. The van der Waals surface area contributed by atoms with Gasteiger partial charge in [-0.1, -0.05) is 12.1 Å². The average molecular weight is 287 g/mol. The zero-order chi connectivity index (χ0) is 14.7. The highest BCUT2D eigenvalue weighted by molar-refractivity contribution is 5.60. The Morgan fingerprint density at radius 1 is 1.43 bits per heavy atom. The Morgan fingerprint density at radius 2 is 2.29 bits per heavy atom. The van der Waals surface area contributed by atoms with Gasteiger partial charge in [-0.25, -0.2) is 4.98 Å². The van der Waals surface area contributed by atoms with Crippen LogP contribution in [0.4, 0.5) is 5.69 Å². The van der Waals surface area contributed by atoms with Crippen LogP contribution in [0.1, 0.15) is 25.2 Å². The van der Waals surface area contributed by atoms with Crippen molar-refractivity contribution in [3.63, 3.8) is 0 Å². The molecule has 0 atom stereocenters. The quantitative estimate of drug-likeness (QED) is 0.481. The fourth-order valence-corrected chi connectivity index (χ4v) is 2.17. The lowest BCUT2D eigenvalue weighted by molar-refractivity contribution is -0.384. The van der Waals surface area contributed by atoms with Crippen molar-refractivity contribution in [1.82, 2.24) is 10.3 Å². The molecule has 0 bridgehead atoms. The van der Waals surface area contributed by atoms with Gasteiger partial charge in [-0.2, -0.15) is 0 Å². The zero-order valence-corrected chi connectivity index (χ0v) is 11.6. The Bertz CT molecular complexity index is 635. The predicted octanol–water partition coefficient (Wildman–Crippen LogP) is 2.93. The molecular weight excluding hydrogens is 270 g/mol. The zero-order valence-electron chi connectivity index (χ0n) is 11.6. The van der Waals surface area contributed by atoms with Gasteiger partial charge in [0.2, 0.25) is 0 Å². The number of nitrogens with one attached hydrogen (secondary N) is 1. The minimum absolute atomic E-state index is 0.0547. The monoisotopic (exact) mass is 287 g/mol. The lowest BCUT2D eigenvalue weighted by Gasteiger charge is -2.00. The van der Waals surface area contributed by atoms with Crippen LogP contribution in [0, 0.1) is 10.1 Å². The van der Waals surface area contributed by atoms with E-state index in [-0.39, 0.29) is 5.69 Å². The van der Waals surface area contributed by atoms with Gasteiger partial charge in [-0.05, 0) is 25.8 Å². The topological polar surface area (TPSA) is 81.2 Å². The lowest BCUT2D eigenvalue weighted by atomic mass is 10.2. The molecule has 1 fully saturated rings. The third-order valence-electron chi connectivity index (χ3n) is 3.47. The molecule has 1 aliphatic carbocycles. The summed E-state index contributed by atoms with van der Waals surface area (Å²) in [6, 6.07) is 7.11. The van der Waals surface area contributed by atoms with E-state index >= 15 is 0 Å². The number of aryl methyl sites for hydroxylation is 1. The molecule has 6 nitrogen and oxygen atoms in total. The number of rotatable bonds is 7. The molecule has 1 aromatic carbocycles. The van der Waals surface area contributed by atoms with Crippen molar-refractivity contribution in [1.29, 1.82) is 0 Å². The summed E-state index contributed by atoms with van der Waals surface area (Å²) in [6.45, 7) is 0.971. The highest BCUT2D eigenvalue weighted by Crippen LogP contribution is 2.24. The Labute approximate surface area is 122 Å². The first kappa shape index (κ1) is 13.8. The van der Waals surface area contributed by atoms with E-state index in [0.717, 1.165) is 25.4 Å². The molecule has 1 aliphatic rings. The van der Waals surface area contributed by atoms with E-state index in [1.165, 1.54) is 25.0 Å². The molecular formula is C15H17N3O3. The van der Waals surface area contributed by atoms with Crippen LogP contribution in [0.2, 0.25) is 0 Å². The van der Waals surface area contributed by atoms with Crippen LogP contribution in [-0.4, -0.2) is 22.5 Å². The molecule has 0 amide bonds. The normalized spacial score (nSPS) is 14.3. The third-order valence-corrected chi connectivity index (χ3v) is 3.47. The second-order valence-electron chi connectivity index (χ2n) is 5.26. The highest BCUT2D eigenvalue weighted by atomic mass is 16.6. The van der Waals surface area contributed by atoms with Crippen LogP contribution in [0.15, 0.2) is 34.9 Å². The summed E-state index contributed by atoms with van der Waals surface area (Å²) in [5.41, 5.74) is 0.734. The molecule has 6 heteroatoms. The number of hydrogen-bond acceptors (Lipinski definition) is 5. The third kappa shape index (κ3) is 3.66. The maximum Gasteiger partial charge on any atom is 0.270 e. The van der Waals surface area contributed by atoms with Crippen molar-refractivity contribution in [2.24, 2.45) is 0 Å². The molecule has 110 valence electrons. The molecule has 21 heavy (non-hydrogen) atoms. The van der Waals surface area contributed by atoms with Crippen LogP contribution >= 0.6 is 0 Å². The van der Waals surface area contributed by atoms with Crippen molar-refractivity contribution in [2.45, 2.75) is 31.7 Å². The predicted molar refractivity (Wildman–Crippen MR) is 77.9 cm³/mol. The molecule has 0 radical (unpaired) electrons. The summed E-state index contributed by atoms with van der Waals surface area (Å²) in [6.07, 6.45) is 5.95. The molecule has 1 aromatic heterocycles. The van der Waals surface area contributed by atoms with E-state index in [1.807, 2.05) is 0 Å². The van der Waals surface area contributed by atoms with Crippen LogP contribution in [-0.2, 0) is 6.42 Å². The number of nitro groups is 1. The van der Waals surface area contributed by atoms with Crippen molar-refractivity contribution >= 4 is 5.69 Å². The number of hydrogen-bond donors (Lipinski definition) is 1. The molecule has 1 saturated carbocycles. The molecule has 1 heterocycles. The fraction of sp³-hybridized carbons (Fsp3) is 0.400. The number of non-ortho nitro benzene ring substituents is 1. The molecule has 0 unspecified atom stereocenters. The van der Waals surface area contributed by atoms with Crippen LogP contribution in [0.25, 0.3) is 11.3 Å². The van der Waals surface area contributed by atoms with Crippen LogP contribution in [0.5, 0.6) is 0 Å². The molecule has 0 saturated heterocycles. The summed E-state index contributed by atoms with van der Waals surface area (Å²) in [5.74, 6) is 1.25.